The van der Waals surface area contributed by atoms with Gasteiger partial charge in [0.15, 0.2) is 0 Å². The molecule has 2 aromatic carbocycles. The highest BCUT2D eigenvalue weighted by atomic mass is 16.3. The van der Waals surface area contributed by atoms with E-state index in [-0.39, 0.29) is 24.5 Å². The minimum absolute atomic E-state index is 0.0771. The Morgan fingerprint density at radius 3 is 2.29 bits per heavy atom. The van der Waals surface area contributed by atoms with Crippen LogP contribution in [0.1, 0.15) is 42.5 Å². The number of anilines is 1. The average molecular weight is 324 g/mol. The van der Waals surface area contributed by atoms with E-state index in [9.17, 15) is 4.79 Å². The van der Waals surface area contributed by atoms with E-state index in [1.807, 2.05) is 36.4 Å². The normalized spacial score (nSPS) is 15.1. The van der Waals surface area contributed by atoms with Crippen molar-refractivity contribution in [2.75, 3.05) is 5.32 Å². The molecule has 4 nitrogen and oxygen atoms in total. The number of hydrogen-bond donors (Lipinski definition) is 3. The monoisotopic (exact) mass is 324 g/mol. The van der Waals surface area contributed by atoms with Crippen molar-refractivity contribution in [1.82, 2.24) is 5.32 Å². The fraction of sp³-hybridized carbons (Fsp3) is 0.350. The topological polar surface area (TPSA) is 61.4 Å². The maximum absolute atomic E-state index is 11.8. The van der Waals surface area contributed by atoms with Gasteiger partial charge in [-0.05, 0) is 48.6 Å². The lowest BCUT2D eigenvalue weighted by Gasteiger charge is -2.15. The largest absolute Gasteiger partial charge is 0.392 e. The summed E-state index contributed by atoms with van der Waals surface area (Å²) in [6.45, 7) is 2.97. The Morgan fingerprint density at radius 1 is 1.08 bits per heavy atom. The van der Waals surface area contributed by atoms with Gasteiger partial charge >= 0.3 is 0 Å². The molecule has 3 N–H and O–H groups in total. The van der Waals surface area contributed by atoms with Gasteiger partial charge in [0, 0.05) is 24.2 Å². The lowest BCUT2D eigenvalue weighted by molar-refractivity contribution is -0.117. The van der Waals surface area contributed by atoms with Crippen LogP contribution >= 0.6 is 0 Å². The predicted molar refractivity (Wildman–Crippen MR) is 95.4 cm³/mol. The van der Waals surface area contributed by atoms with E-state index in [1.54, 1.807) is 0 Å². The number of benzene rings is 2. The van der Waals surface area contributed by atoms with Gasteiger partial charge < -0.3 is 15.7 Å². The van der Waals surface area contributed by atoms with Crippen LogP contribution in [0.2, 0.25) is 0 Å². The third kappa shape index (κ3) is 4.43. The van der Waals surface area contributed by atoms with Crippen molar-refractivity contribution in [2.45, 2.75) is 39.0 Å². The van der Waals surface area contributed by atoms with Crippen LogP contribution in [0.25, 0.3) is 0 Å². The molecule has 0 radical (unpaired) electrons. The summed E-state index contributed by atoms with van der Waals surface area (Å²) in [5, 5.41) is 15.5. The zero-order valence-corrected chi connectivity index (χ0v) is 14.0. The Bertz CT molecular complexity index is 676. The second-order valence-corrected chi connectivity index (χ2v) is 6.46. The van der Waals surface area contributed by atoms with Crippen LogP contribution in [0.4, 0.5) is 5.69 Å². The molecule has 0 aliphatic heterocycles. The molecule has 0 spiro atoms. The maximum atomic E-state index is 11.8. The van der Waals surface area contributed by atoms with Gasteiger partial charge in [-0.25, -0.2) is 0 Å². The molecule has 0 bridgehead atoms. The van der Waals surface area contributed by atoms with Gasteiger partial charge in [0.05, 0.1) is 6.61 Å². The van der Waals surface area contributed by atoms with Gasteiger partial charge in [-0.3, -0.25) is 4.79 Å². The van der Waals surface area contributed by atoms with E-state index in [0.29, 0.717) is 0 Å². The number of amides is 1. The Hall–Kier alpha value is -2.17. The Balaban J connectivity index is 1.52. The summed E-state index contributed by atoms with van der Waals surface area (Å²) in [5.74, 6) is 0.364. The molecule has 2 aromatic rings. The number of rotatable bonds is 7. The number of nitrogens with one attached hydrogen (secondary N) is 2. The van der Waals surface area contributed by atoms with Gasteiger partial charge in [0.1, 0.15) is 0 Å². The van der Waals surface area contributed by atoms with Crippen LogP contribution in [0.3, 0.4) is 0 Å². The summed E-state index contributed by atoms with van der Waals surface area (Å²) in [4.78, 5) is 11.8. The molecule has 0 heterocycles. The van der Waals surface area contributed by atoms with Crippen molar-refractivity contribution in [2.24, 2.45) is 5.92 Å². The number of carbonyl (C=O) groups is 1. The molecule has 0 saturated heterocycles. The average Bonchev–Trinajstić information content (AvgIpc) is 3.46. The van der Waals surface area contributed by atoms with Crippen LogP contribution < -0.4 is 10.6 Å². The number of carbonyl (C=O) groups excluding carboxylic acids is 1. The molecule has 3 rings (SSSR count). The zero-order valence-electron chi connectivity index (χ0n) is 14.0. The van der Waals surface area contributed by atoms with Crippen LogP contribution in [0.15, 0.2) is 48.5 Å². The summed E-state index contributed by atoms with van der Waals surface area (Å²) < 4.78 is 0. The second-order valence-electron chi connectivity index (χ2n) is 6.46. The molecule has 1 unspecified atom stereocenters. The van der Waals surface area contributed by atoms with Gasteiger partial charge in [0.25, 0.3) is 0 Å². The summed E-state index contributed by atoms with van der Waals surface area (Å²) in [7, 11) is 0. The van der Waals surface area contributed by atoms with Gasteiger partial charge in [-0.15, -0.1) is 0 Å². The first-order chi connectivity index (χ1) is 11.7. The van der Waals surface area contributed by atoms with E-state index in [0.717, 1.165) is 30.6 Å². The minimum atomic E-state index is 0.0771. The maximum Gasteiger partial charge on any atom is 0.227 e. The molecule has 24 heavy (non-hydrogen) atoms. The van der Waals surface area contributed by atoms with Crippen molar-refractivity contribution in [3.63, 3.8) is 0 Å². The van der Waals surface area contributed by atoms with E-state index >= 15 is 0 Å². The van der Waals surface area contributed by atoms with Crippen molar-refractivity contribution in [3.05, 3.63) is 65.2 Å². The van der Waals surface area contributed by atoms with Crippen LogP contribution in [-0.2, 0) is 17.9 Å². The molecule has 4 heteroatoms. The first-order valence-electron chi connectivity index (χ1n) is 8.48. The number of hydrogen-bond acceptors (Lipinski definition) is 3. The Morgan fingerprint density at radius 2 is 1.71 bits per heavy atom. The highest BCUT2D eigenvalue weighted by molar-refractivity contribution is 5.94. The highest BCUT2D eigenvalue weighted by Gasteiger charge is 2.29. The van der Waals surface area contributed by atoms with Crippen molar-refractivity contribution in [3.8, 4) is 0 Å². The molecule has 1 aliphatic carbocycles. The van der Waals surface area contributed by atoms with Gasteiger partial charge in [0.2, 0.25) is 5.91 Å². The van der Waals surface area contributed by atoms with E-state index in [2.05, 4.69) is 29.7 Å². The summed E-state index contributed by atoms with van der Waals surface area (Å²) >= 11 is 0. The fourth-order valence-electron chi connectivity index (χ4n) is 2.60. The quantitative estimate of drug-likeness (QED) is 0.732. The fourth-order valence-corrected chi connectivity index (χ4v) is 2.60. The highest BCUT2D eigenvalue weighted by Crippen LogP contribution is 2.30. The third-order valence-electron chi connectivity index (χ3n) is 4.44. The summed E-state index contributed by atoms with van der Waals surface area (Å²) in [5.41, 5.74) is 4.16. The first-order valence-corrected chi connectivity index (χ1v) is 8.48. The smallest absolute Gasteiger partial charge is 0.227 e. The van der Waals surface area contributed by atoms with E-state index in [1.165, 1.54) is 11.1 Å². The minimum Gasteiger partial charge on any atom is -0.392 e. The van der Waals surface area contributed by atoms with Gasteiger partial charge in [-0.1, -0.05) is 36.4 Å². The SMILES string of the molecule is CC(NCc1ccc(CO)cc1)c1ccc(NC(=O)C2CC2)cc1. The first kappa shape index (κ1) is 16.7. The molecule has 1 amide bonds. The summed E-state index contributed by atoms with van der Waals surface area (Å²) in [6.07, 6.45) is 2.04. The molecule has 1 saturated carbocycles. The Labute approximate surface area is 142 Å². The standard InChI is InChI=1S/C20H24N2O2/c1-14(21-12-15-2-4-16(13-23)5-3-15)17-8-10-19(11-9-17)22-20(24)18-6-7-18/h2-5,8-11,14,18,21,23H,6-7,12-13H2,1H3,(H,22,24). The lowest BCUT2D eigenvalue weighted by atomic mass is 10.1. The molecular weight excluding hydrogens is 300 g/mol. The molecule has 0 aromatic heterocycles. The third-order valence-corrected chi connectivity index (χ3v) is 4.44. The van der Waals surface area contributed by atoms with Crippen molar-refractivity contribution >= 4 is 11.6 Å². The van der Waals surface area contributed by atoms with Crippen molar-refractivity contribution in [1.29, 1.82) is 0 Å². The second kappa shape index (κ2) is 7.60. The van der Waals surface area contributed by atoms with Crippen LogP contribution in [0, 0.1) is 5.92 Å². The molecule has 126 valence electrons. The Kier molecular flexibility index (Phi) is 5.28. The van der Waals surface area contributed by atoms with E-state index < -0.39 is 0 Å². The van der Waals surface area contributed by atoms with Crippen molar-refractivity contribution < 1.29 is 9.90 Å². The zero-order chi connectivity index (χ0) is 16.9. The predicted octanol–water partition coefficient (Wildman–Crippen LogP) is 3.38. The molecular formula is C20H24N2O2. The summed E-state index contributed by atoms with van der Waals surface area (Å²) in [6, 6.07) is 16.2. The molecule has 1 atom stereocenters. The van der Waals surface area contributed by atoms with Crippen LogP contribution in [0.5, 0.6) is 0 Å². The molecule has 1 fully saturated rings. The number of aliphatic hydroxyl groups excluding tert-OH is 1. The van der Waals surface area contributed by atoms with E-state index in [4.69, 9.17) is 5.11 Å². The number of aliphatic hydroxyl groups is 1. The molecule has 1 aliphatic rings. The lowest BCUT2D eigenvalue weighted by Crippen LogP contribution is -2.18. The van der Waals surface area contributed by atoms with Gasteiger partial charge in [-0.2, -0.15) is 0 Å². The van der Waals surface area contributed by atoms with Crippen LogP contribution in [-0.4, -0.2) is 11.0 Å².